The summed E-state index contributed by atoms with van der Waals surface area (Å²) in [6, 6.07) is 9.80. The summed E-state index contributed by atoms with van der Waals surface area (Å²) in [6.45, 7) is 2.15. The average molecular weight is 286 g/mol. The zero-order valence-corrected chi connectivity index (χ0v) is 12.8. The van der Waals surface area contributed by atoms with Crippen LogP contribution in [0.15, 0.2) is 30.3 Å². The number of hydrogen-bond acceptors (Lipinski definition) is 2. The first kappa shape index (κ1) is 14.6. The van der Waals surface area contributed by atoms with Crippen LogP contribution in [0.3, 0.4) is 0 Å². The maximum atomic E-state index is 12.3. The summed E-state index contributed by atoms with van der Waals surface area (Å²) >= 11 is 0. The van der Waals surface area contributed by atoms with Crippen LogP contribution in [-0.4, -0.2) is 18.0 Å². The summed E-state index contributed by atoms with van der Waals surface area (Å²) in [4.78, 5) is 12.3. The second-order valence-corrected chi connectivity index (χ2v) is 6.93. The van der Waals surface area contributed by atoms with Gasteiger partial charge in [0.2, 0.25) is 5.91 Å². The van der Waals surface area contributed by atoms with Crippen molar-refractivity contribution in [3.63, 3.8) is 0 Å². The molecular weight excluding hydrogens is 260 g/mol. The highest BCUT2D eigenvalue weighted by Gasteiger charge is 2.42. The van der Waals surface area contributed by atoms with Gasteiger partial charge in [0.15, 0.2) is 0 Å². The normalized spacial score (nSPS) is 30.1. The van der Waals surface area contributed by atoms with Crippen LogP contribution in [0.4, 0.5) is 0 Å². The van der Waals surface area contributed by atoms with Crippen LogP contribution in [0.25, 0.3) is 0 Å². The summed E-state index contributed by atoms with van der Waals surface area (Å²) < 4.78 is 0. The van der Waals surface area contributed by atoms with E-state index >= 15 is 0 Å². The molecule has 114 valence electrons. The summed E-state index contributed by atoms with van der Waals surface area (Å²) in [5.74, 6) is 2.40. The van der Waals surface area contributed by atoms with Crippen molar-refractivity contribution in [2.24, 2.45) is 23.5 Å². The van der Waals surface area contributed by atoms with Crippen molar-refractivity contribution < 1.29 is 4.79 Å². The molecule has 1 aromatic carbocycles. The topological polar surface area (TPSA) is 55.1 Å². The summed E-state index contributed by atoms with van der Waals surface area (Å²) in [6.07, 6.45) is 6.03. The van der Waals surface area contributed by atoms with Gasteiger partial charge in [0.05, 0.1) is 6.04 Å². The van der Waals surface area contributed by atoms with Crippen LogP contribution < -0.4 is 11.1 Å². The molecule has 0 radical (unpaired) electrons. The van der Waals surface area contributed by atoms with Crippen LogP contribution in [0.2, 0.25) is 0 Å². The molecule has 3 rings (SSSR count). The van der Waals surface area contributed by atoms with E-state index in [9.17, 15) is 4.79 Å². The zero-order valence-electron chi connectivity index (χ0n) is 12.8. The number of nitrogens with one attached hydrogen (secondary N) is 1. The lowest BCUT2D eigenvalue weighted by molar-refractivity contribution is -0.123. The van der Waals surface area contributed by atoms with Crippen molar-refractivity contribution in [2.75, 3.05) is 0 Å². The second kappa shape index (κ2) is 6.18. The van der Waals surface area contributed by atoms with Crippen molar-refractivity contribution in [3.8, 4) is 0 Å². The van der Waals surface area contributed by atoms with E-state index in [1.54, 1.807) is 0 Å². The van der Waals surface area contributed by atoms with Crippen LogP contribution in [0.5, 0.6) is 0 Å². The van der Waals surface area contributed by atoms with Crippen LogP contribution in [-0.2, 0) is 11.2 Å². The highest BCUT2D eigenvalue weighted by molar-refractivity contribution is 5.82. The Labute approximate surface area is 127 Å². The molecule has 0 saturated heterocycles. The molecule has 5 unspecified atom stereocenters. The maximum Gasteiger partial charge on any atom is 0.237 e. The van der Waals surface area contributed by atoms with Gasteiger partial charge in [-0.1, -0.05) is 36.8 Å². The lowest BCUT2D eigenvalue weighted by Gasteiger charge is -2.29. The molecule has 1 aromatic rings. The van der Waals surface area contributed by atoms with Crippen molar-refractivity contribution in [3.05, 3.63) is 35.9 Å². The highest BCUT2D eigenvalue weighted by Crippen LogP contribution is 2.49. The predicted octanol–water partition coefficient (Wildman–Crippen LogP) is 2.50. The van der Waals surface area contributed by atoms with Gasteiger partial charge in [-0.05, 0) is 55.9 Å². The van der Waals surface area contributed by atoms with E-state index in [2.05, 4.69) is 12.2 Å². The molecule has 0 heterocycles. The number of nitrogens with two attached hydrogens (primary N) is 1. The van der Waals surface area contributed by atoms with Crippen LogP contribution >= 0.6 is 0 Å². The molecule has 5 atom stereocenters. The molecule has 2 aliphatic carbocycles. The van der Waals surface area contributed by atoms with E-state index in [4.69, 9.17) is 5.73 Å². The number of hydrogen-bond donors (Lipinski definition) is 2. The van der Waals surface area contributed by atoms with Gasteiger partial charge in [0.1, 0.15) is 0 Å². The second-order valence-electron chi connectivity index (χ2n) is 6.93. The fourth-order valence-electron chi connectivity index (χ4n) is 4.31. The first-order valence-electron chi connectivity index (χ1n) is 8.23. The lowest BCUT2D eigenvalue weighted by Crippen LogP contribution is -2.48. The Morgan fingerprint density at radius 1 is 1.29 bits per heavy atom. The number of rotatable bonds is 5. The third-order valence-electron chi connectivity index (χ3n) is 5.44. The van der Waals surface area contributed by atoms with Crippen molar-refractivity contribution in [1.29, 1.82) is 0 Å². The number of carbonyl (C=O) groups is 1. The van der Waals surface area contributed by atoms with Gasteiger partial charge < -0.3 is 11.1 Å². The minimum absolute atomic E-state index is 0.00544. The molecule has 2 aliphatic rings. The summed E-state index contributed by atoms with van der Waals surface area (Å²) in [5, 5.41) is 3.16. The number of carbonyl (C=O) groups excluding carboxylic acids is 1. The Kier molecular flexibility index (Phi) is 4.29. The molecule has 1 amide bonds. The van der Waals surface area contributed by atoms with Crippen molar-refractivity contribution >= 4 is 5.91 Å². The molecule has 2 fully saturated rings. The Bertz CT molecular complexity index is 487. The van der Waals surface area contributed by atoms with Gasteiger partial charge in [-0.25, -0.2) is 0 Å². The fourth-order valence-corrected chi connectivity index (χ4v) is 4.31. The van der Waals surface area contributed by atoms with Gasteiger partial charge in [-0.15, -0.1) is 0 Å². The monoisotopic (exact) mass is 286 g/mol. The maximum absolute atomic E-state index is 12.3. The van der Waals surface area contributed by atoms with E-state index in [-0.39, 0.29) is 11.9 Å². The van der Waals surface area contributed by atoms with Gasteiger partial charge in [0, 0.05) is 6.04 Å². The first-order chi connectivity index (χ1) is 10.1. The van der Waals surface area contributed by atoms with Crippen molar-refractivity contribution in [1.82, 2.24) is 5.32 Å². The minimum Gasteiger partial charge on any atom is -0.352 e. The molecule has 0 spiro atoms. The molecule has 3 nitrogen and oxygen atoms in total. The molecular formula is C18H26N2O. The molecule has 3 heteroatoms. The summed E-state index contributed by atoms with van der Waals surface area (Å²) in [5.41, 5.74) is 7.18. The standard InChI is InChI=1S/C18H26N2O/c1-12(16-10-14-7-8-15(16)9-14)20-18(21)17(19)11-13-5-3-2-4-6-13/h2-6,12,14-17H,7-11,19H2,1H3,(H,20,21). The van der Waals surface area contributed by atoms with Gasteiger partial charge in [0.25, 0.3) is 0 Å². The summed E-state index contributed by atoms with van der Waals surface area (Å²) in [7, 11) is 0. The lowest BCUT2D eigenvalue weighted by atomic mass is 9.84. The smallest absolute Gasteiger partial charge is 0.237 e. The van der Waals surface area contributed by atoms with E-state index in [1.165, 1.54) is 25.7 Å². The first-order valence-corrected chi connectivity index (χ1v) is 8.23. The molecule has 0 aromatic heterocycles. The molecule has 2 bridgehead atoms. The quantitative estimate of drug-likeness (QED) is 0.874. The zero-order chi connectivity index (χ0) is 14.8. The van der Waals surface area contributed by atoms with Gasteiger partial charge in [-0.3, -0.25) is 4.79 Å². The number of benzene rings is 1. The molecule has 21 heavy (non-hydrogen) atoms. The van der Waals surface area contributed by atoms with E-state index in [1.807, 2.05) is 30.3 Å². The fraction of sp³-hybridized carbons (Fsp3) is 0.611. The predicted molar refractivity (Wildman–Crippen MR) is 84.7 cm³/mol. The van der Waals surface area contributed by atoms with E-state index in [0.29, 0.717) is 12.3 Å². The molecule has 2 saturated carbocycles. The highest BCUT2D eigenvalue weighted by atomic mass is 16.2. The average Bonchev–Trinajstić information content (AvgIpc) is 3.11. The number of fused-ring (bicyclic) bond motifs is 2. The van der Waals surface area contributed by atoms with Crippen molar-refractivity contribution in [2.45, 2.75) is 51.1 Å². The van der Waals surface area contributed by atoms with Crippen LogP contribution in [0.1, 0.15) is 38.2 Å². The third-order valence-corrected chi connectivity index (χ3v) is 5.44. The largest absolute Gasteiger partial charge is 0.352 e. The Morgan fingerprint density at radius 3 is 2.67 bits per heavy atom. The molecule has 0 aliphatic heterocycles. The van der Waals surface area contributed by atoms with Gasteiger partial charge in [-0.2, -0.15) is 0 Å². The molecule has 3 N–H and O–H groups in total. The SMILES string of the molecule is CC(NC(=O)C(N)Cc1ccccc1)C1CC2CCC1C2. The number of amides is 1. The van der Waals surface area contributed by atoms with Crippen LogP contribution in [0, 0.1) is 17.8 Å². The van der Waals surface area contributed by atoms with E-state index < -0.39 is 6.04 Å². The van der Waals surface area contributed by atoms with Gasteiger partial charge >= 0.3 is 0 Å². The Hall–Kier alpha value is -1.35. The Balaban J connectivity index is 1.51. The third kappa shape index (κ3) is 3.29. The minimum atomic E-state index is -0.451. The van der Waals surface area contributed by atoms with E-state index in [0.717, 1.165) is 17.4 Å². The Morgan fingerprint density at radius 2 is 2.05 bits per heavy atom.